The van der Waals surface area contributed by atoms with E-state index in [0.717, 1.165) is 25.9 Å². The van der Waals surface area contributed by atoms with Crippen molar-refractivity contribution in [3.63, 3.8) is 0 Å². The van der Waals surface area contributed by atoms with Crippen LogP contribution < -0.4 is 10.6 Å². The Labute approximate surface area is 113 Å². The monoisotopic (exact) mass is 266 g/mol. The molecule has 4 heteroatoms. The maximum atomic E-state index is 12.2. The lowest BCUT2D eigenvalue weighted by molar-refractivity contribution is -0.126. The van der Waals surface area contributed by atoms with Gasteiger partial charge in [0.15, 0.2) is 0 Å². The van der Waals surface area contributed by atoms with Gasteiger partial charge in [0.25, 0.3) is 0 Å². The third-order valence-electron chi connectivity index (χ3n) is 3.57. The number of thiophene rings is 1. The molecule has 0 bridgehead atoms. The smallest absolute Gasteiger partial charge is 0.224 e. The van der Waals surface area contributed by atoms with Crippen LogP contribution in [0.25, 0.3) is 0 Å². The van der Waals surface area contributed by atoms with E-state index in [1.165, 1.54) is 15.3 Å². The Bertz CT molecular complexity index is 421. The van der Waals surface area contributed by atoms with E-state index in [2.05, 4.69) is 37.5 Å². The van der Waals surface area contributed by atoms with Crippen LogP contribution >= 0.6 is 11.3 Å². The lowest BCUT2D eigenvalue weighted by atomic mass is 9.98. The van der Waals surface area contributed by atoms with Crippen molar-refractivity contribution in [1.29, 1.82) is 0 Å². The fraction of sp³-hybridized carbons (Fsp3) is 0.643. The minimum Gasteiger partial charge on any atom is -0.349 e. The average Bonchev–Trinajstić information content (AvgIpc) is 2.69. The standard InChI is InChI=1S/C14H22N2OS/c1-9-7-13(11(3)18-9)10(2)16-14(17)12-5-4-6-15-8-12/h7,10,12,15H,4-6,8H2,1-3H3,(H,16,17)/t10?,12-/m1/s1. The van der Waals surface area contributed by atoms with Crippen LogP contribution in [-0.4, -0.2) is 19.0 Å². The molecule has 2 atom stereocenters. The SMILES string of the molecule is Cc1cc(C(C)NC(=O)[C@@H]2CCCNC2)c(C)s1. The molecule has 1 aromatic rings. The maximum absolute atomic E-state index is 12.2. The maximum Gasteiger partial charge on any atom is 0.224 e. The number of aryl methyl sites for hydroxylation is 2. The fourth-order valence-corrected chi connectivity index (χ4v) is 3.59. The molecule has 0 aliphatic carbocycles. The highest BCUT2D eigenvalue weighted by molar-refractivity contribution is 7.12. The Morgan fingerprint density at radius 1 is 1.56 bits per heavy atom. The number of rotatable bonds is 3. The molecule has 1 unspecified atom stereocenters. The molecule has 0 saturated carbocycles. The van der Waals surface area contributed by atoms with Crippen molar-refractivity contribution in [3.05, 3.63) is 21.4 Å². The van der Waals surface area contributed by atoms with Crippen LogP contribution in [0, 0.1) is 19.8 Å². The molecule has 100 valence electrons. The predicted molar refractivity (Wildman–Crippen MR) is 75.9 cm³/mol. The molecular formula is C14H22N2OS. The highest BCUT2D eigenvalue weighted by atomic mass is 32.1. The summed E-state index contributed by atoms with van der Waals surface area (Å²) < 4.78 is 0. The summed E-state index contributed by atoms with van der Waals surface area (Å²) in [6.07, 6.45) is 2.11. The molecule has 1 aliphatic rings. The molecule has 3 nitrogen and oxygen atoms in total. The lowest BCUT2D eigenvalue weighted by Crippen LogP contribution is -2.41. The van der Waals surface area contributed by atoms with Gasteiger partial charge in [0.05, 0.1) is 12.0 Å². The molecule has 2 heterocycles. The first-order valence-corrected chi connectivity index (χ1v) is 7.47. The summed E-state index contributed by atoms with van der Waals surface area (Å²) in [5.41, 5.74) is 1.26. The zero-order valence-corrected chi connectivity index (χ0v) is 12.2. The Hall–Kier alpha value is -0.870. The molecule has 0 radical (unpaired) electrons. The predicted octanol–water partition coefficient (Wildman–Crippen LogP) is 2.54. The van der Waals surface area contributed by atoms with Crippen LogP contribution in [0.4, 0.5) is 0 Å². The van der Waals surface area contributed by atoms with Gasteiger partial charge in [-0.1, -0.05) is 0 Å². The zero-order chi connectivity index (χ0) is 13.1. The summed E-state index contributed by atoms with van der Waals surface area (Å²) in [6, 6.07) is 2.30. The van der Waals surface area contributed by atoms with Gasteiger partial charge in [0.1, 0.15) is 0 Å². The molecule has 1 aromatic heterocycles. The number of amides is 1. The first-order valence-electron chi connectivity index (χ1n) is 6.66. The van der Waals surface area contributed by atoms with Crippen LogP contribution in [0.15, 0.2) is 6.07 Å². The third kappa shape index (κ3) is 3.12. The second-order valence-electron chi connectivity index (χ2n) is 5.14. The molecule has 2 rings (SSSR count). The van der Waals surface area contributed by atoms with E-state index >= 15 is 0 Å². The van der Waals surface area contributed by atoms with E-state index < -0.39 is 0 Å². The van der Waals surface area contributed by atoms with Gasteiger partial charge in [-0.15, -0.1) is 11.3 Å². The minimum atomic E-state index is 0.115. The number of piperidine rings is 1. The molecule has 1 amide bonds. The number of hydrogen-bond donors (Lipinski definition) is 2. The molecule has 0 spiro atoms. The number of hydrogen-bond acceptors (Lipinski definition) is 3. The summed E-state index contributed by atoms with van der Waals surface area (Å²) in [5, 5.41) is 6.43. The second-order valence-corrected chi connectivity index (χ2v) is 6.60. The van der Waals surface area contributed by atoms with Crippen molar-refractivity contribution in [2.24, 2.45) is 5.92 Å². The number of carbonyl (C=O) groups is 1. The first-order chi connectivity index (χ1) is 8.58. The summed E-state index contributed by atoms with van der Waals surface area (Å²) in [5.74, 6) is 0.333. The summed E-state index contributed by atoms with van der Waals surface area (Å²) in [7, 11) is 0. The van der Waals surface area contributed by atoms with Gasteiger partial charge in [-0.3, -0.25) is 4.79 Å². The van der Waals surface area contributed by atoms with E-state index in [1.807, 2.05) is 0 Å². The Kier molecular flexibility index (Phi) is 4.40. The van der Waals surface area contributed by atoms with Crippen LogP contribution in [0.2, 0.25) is 0 Å². The van der Waals surface area contributed by atoms with Crippen LogP contribution in [0.5, 0.6) is 0 Å². The van der Waals surface area contributed by atoms with Gasteiger partial charge in [-0.05, 0) is 51.8 Å². The topological polar surface area (TPSA) is 41.1 Å². The highest BCUT2D eigenvalue weighted by Gasteiger charge is 2.23. The van der Waals surface area contributed by atoms with Crippen molar-refractivity contribution in [3.8, 4) is 0 Å². The van der Waals surface area contributed by atoms with E-state index in [9.17, 15) is 4.79 Å². The Morgan fingerprint density at radius 2 is 2.33 bits per heavy atom. The molecule has 1 saturated heterocycles. The van der Waals surface area contributed by atoms with Crippen LogP contribution in [-0.2, 0) is 4.79 Å². The van der Waals surface area contributed by atoms with Gasteiger partial charge in [-0.25, -0.2) is 0 Å². The van der Waals surface area contributed by atoms with E-state index in [1.54, 1.807) is 11.3 Å². The van der Waals surface area contributed by atoms with Gasteiger partial charge < -0.3 is 10.6 Å². The van der Waals surface area contributed by atoms with Gasteiger partial charge >= 0.3 is 0 Å². The van der Waals surface area contributed by atoms with Crippen molar-refractivity contribution >= 4 is 17.2 Å². The summed E-state index contributed by atoms with van der Waals surface area (Å²) >= 11 is 1.80. The number of carbonyl (C=O) groups excluding carboxylic acids is 1. The largest absolute Gasteiger partial charge is 0.349 e. The zero-order valence-electron chi connectivity index (χ0n) is 11.4. The highest BCUT2D eigenvalue weighted by Crippen LogP contribution is 2.26. The lowest BCUT2D eigenvalue weighted by Gasteiger charge is -2.24. The van der Waals surface area contributed by atoms with Crippen molar-refractivity contribution in [2.75, 3.05) is 13.1 Å². The normalized spacial score (nSPS) is 21.6. The fourth-order valence-electron chi connectivity index (χ4n) is 2.56. The van der Waals surface area contributed by atoms with Crippen LogP contribution in [0.3, 0.4) is 0 Å². The molecule has 2 N–H and O–H groups in total. The van der Waals surface area contributed by atoms with Crippen molar-refractivity contribution in [2.45, 2.75) is 39.7 Å². The molecule has 0 aromatic carbocycles. The summed E-state index contributed by atoms with van der Waals surface area (Å²) in [6.45, 7) is 8.17. The second kappa shape index (κ2) is 5.85. The summed E-state index contributed by atoms with van der Waals surface area (Å²) in [4.78, 5) is 14.8. The van der Waals surface area contributed by atoms with Gasteiger partial charge in [0, 0.05) is 16.3 Å². The average molecular weight is 266 g/mol. The first kappa shape index (κ1) is 13.6. The van der Waals surface area contributed by atoms with E-state index in [0.29, 0.717) is 0 Å². The quantitative estimate of drug-likeness (QED) is 0.883. The molecule has 18 heavy (non-hydrogen) atoms. The van der Waals surface area contributed by atoms with Crippen molar-refractivity contribution in [1.82, 2.24) is 10.6 Å². The van der Waals surface area contributed by atoms with Crippen LogP contribution in [0.1, 0.15) is 41.1 Å². The van der Waals surface area contributed by atoms with E-state index in [-0.39, 0.29) is 17.9 Å². The van der Waals surface area contributed by atoms with E-state index in [4.69, 9.17) is 0 Å². The molecule has 1 fully saturated rings. The minimum absolute atomic E-state index is 0.115. The van der Waals surface area contributed by atoms with Crippen molar-refractivity contribution < 1.29 is 4.79 Å². The van der Waals surface area contributed by atoms with Gasteiger partial charge in [0.2, 0.25) is 5.91 Å². The Morgan fingerprint density at radius 3 is 2.89 bits per heavy atom. The third-order valence-corrected chi connectivity index (χ3v) is 4.55. The molecule has 1 aliphatic heterocycles. The number of nitrogens with one attached hydrogen (secondary N) is 2. The van der Waals surface area contributed by atoms with Gasteiger partial charge in [-0.2, -0.15) is 0 Å². The Balaban J connectivity index is 1.96. The molecular weight excluding hydrogens is 244 g/mol.